The Morgan fingerprint density at radius 2 is 1.87 bits per heavy atom. The fourth-order valence-electron chi connectivity index (χ4n) is 3.99. The van der Waals surface area contributed by atoms with Gasteiger partial charge in [0.15, 0.2) is 5.82 Å². The number of hydrogen-bond donors (Lipinski definition) is 2. The Labute approximate surface area is 181 Å². The van der Waals surface area contributed by atoms with Gasteiger partial charge in [-0.3, -0.25) is 4.79 Å². The summed E-state index contributed by atoms with van der Waals surface area (Å²) in [5.41, 5.74) is 8.74. The van der Waals surface area contributed by atoms with E-state index >= 15 is 0 Å². The van der Waals surface area contributed by atoms with Crippen LogP contribution in [0.4, 0.5) is 5.95 Å². The zero-order valence-electron chi connectivity index (χ0n) is 16.1. The topological polar surface area (TPSA) is 85.8 Å². The molecule has 1 atom stereocenters. The number of primary amides is 1. The first-order chi connectivity index (χ1) is 14.5. The molecule has 0 fully saturated rings. The van der Waals surface area contributed by atoms with E-state index in [-0.39, 0.29) is 0 Å². The molecule has 0 saturated carbocycles. The van der Waals surface area contributed by atoms with Gasteiger partial charge in [-0.15, -0.1) is 5.10 Å². The number of carbonyl (C=O) groups is 1. The number of benzene rings is 3. The second-order valence-electron chi connectivity index (χ2n) is 7.22. The fourth-order valence-corrected chi connectivity index (χ4v) is 4.41. The lowest BCUT2D eigenvalue weighted by atomic mass is 9.95. The van der Waals surface area contributed by atoms with Crippen LogP contribution < -0.4 is 11.1 Å². The molecule has 1 unspecified atom stereocenters. The quantitative estimate of drug-likeness (QED) is 0.467. The Balaban J connectivity index is 1.72. The molecule has 1 aliphatic heterocycles. The minimum absolute atomic E-state index is 0.465. The summed E-state index contributed by atoms with van der Waals surface area (Å²) < 4.78 is 2.65. The van der Waals surface area contributed by atoms with Crippen molar-refractivity contribution in [2.75, 3.05) is 5.32 Å². The molecule has 0 spiro atoms. The number of nitrogens with zero attached hydrogens (tertiary/aromatic N) is 3. The van der Waals surface area contributed by atoms with Crippen LogP contribution in [0, 0.1) is 0 Å². The molecule has 7 heteroatoms. The fraction of sp³-hybridized carbons (Fsp3) is 0.0870. The number of halogens is 1. The van der Waals surface area contributed by atoms with Gasteiger partial charge < -0.3 is 11.1 Å². The first kappa shape index (κ1) is 18.6. The molecule has 1 aliphatic rings. The summed E-state index contributed by atoms with van der Waals surface area (Å²) in [5, 5.41) is 10.2. The number of nitrogens with one attached hydrogen (secondary N) is 1. The first-order valence-corrected chi connectivity index (χ1v) is 10.3. The van der Waals surface area contributed by atoms with Gasteiger partial charge in [-0.25, -0.2) is 4.68 Å². The van der Waals surface area contributed by atoms with E-state index in [0.717, 1.165) is 26.4 Å². The van der Waals surface area contributed by atoms with Gasteiger partial charge in [0.1, 0.15) is 6.04 Å². The molecule has 1 aromatic heterocycles. The van der Waals surface area contributed by atoms with E-state index in [4.69, 9.17) is 15.8 Å². The SMILES string of the molecule is CC1=C(C(N)=O)C(c2cccc(Br)c2)n2nc(-c3cccc4ccccc34)nc2N1. The maximum atomic E-state index is 12.3. The average Bonchev–Trinajstić information content (AvgIpc) is 3.15. The Morgan fingerprint density at radius 3 is 2.67 bits per heavy atom. The number of amides is 1. The Hall–Kier alpha value is -3.45. The predicted molar refractivity (Wildman–Crippen MR) is 121 cm³/mol. The second-order valence-corrected chi connectivity index (χ2v) is 8.13. The summed E-state index contributed by atoms with van der Waals surface area (Å²) in [7, 11) is 0. The van der Waals surface area contributed by atoms with Gasteiger partial charge in [-0.2, -0.15) is 4.98 Å². The maximum Gasteiger partial charge on any atom is 0.248 e. The van der Waals surface area contributed by atoms with Crippen LogP contribution in [0.3, 0.4) is 0 Å². The van der Waals surface area contributed by atoms with Gasteiger partial charge in [0.05, 0.1) is 5.57 Å². The number of allylic oxidation sites excluding steroid dienone is 1. The number of fused-ring (bicyclic) bond motifs is 2. The molecule has 0 bridgehead atoms. The van der Waals surface area contributed by atoms with E-state index < -0.39 is 11.9 Å². The van der Waals surface area contributed by atoms with Crippen molar-refractivity contribution in [2.45, 2.75) is 13.0 Å². The van der Waals surface area contributed by atoms with Crippen molar-refractivity contribution >= 4 is 38.6 Å². The number of rotatable bonds is 3. The van der Waals surface area contributed by atoms with Gasteiger partial charge in [0, 0.05) is 15.7 Å². The summed E-state index contributed by atoms with van der Waals surface area (Å²) in [4.78, 5) is 17.1. The van der Waals surface area contributed by atoms with E-state index in [0.29, 0.717) is 23.0 Å². The molecule has 4 aromatic rings. The molecule has 0 saturated heterocycles. The van der Waals surface area contributed by atoms with Crippen molar-refractivity contribution in [3.05, 3.63) is 88.0 Å². The van der Waals surface area contributed by atoms with Crippen molar-refractivity contribution in [1.82, 2.24) is 14.8 Å². The molecule has 0 radical (unpaired) electrons. The van der Waals surface area contributed by atoms with Crippen molar-refractivity contribution in [3.8, 4) is 11.4 Å². The van der Waals surface area contributed by atoms with E-state index in [2.05, 4.69) is 39.4 Å². The third-order valence-corrected chi connectivity index (χ3v) is 5.81. The normalized spacial score (nSPS) is 15.7. The Kier molecular flexibility index (Phi) is 4.40. The number of aromatic nitrogens is 3. The maximum absolute atomic E-state index is 12.3. The van der Waals surface area contributed by atoms with Gasteiger partial charge in [0.25, 0.3) is 0 Å². The van der Waals surface area contributed by atoms with E-state index in [1.807, 2.05) is 55.5 Å². The molecule has 3 N–H and O–H groups in total. The third-order valence-electron chi connectivity index (χ3n) is 5.31. The van der Waals surface area contributed by atoms with Gasteiger partial charge in [-0.1, -0.05) is 70.5 Å². The summed E-state index contributed by atoms with van der Waals surface area (Å²) in [6.07, 6.45) is 0. The lowest BCUT2D eigenvalue weighted by Crippen LogP contribution is -2.31. The number of carbonyl (C=O) groups excluding carboxylic acids is 1. The van der Waals surface area contributed by atoms with Crippen LogP contribution in [0.25, 0.3) is 22.2 Å². The van der Waals surface area contributed by atoms with Crippen LogP contribution in [0.5, 0.6) is 0 Å². The first-order valence-electron chi connectivity index (χ1n) is 9.50. The molecule has 0 aliphatic carbocycles. The highest BCUT2D eigenvalue weighted by Gasteiger charge is 2.33. The average molecular weight is 460 g/mol. The van der Waals surface area contributed by atoms with Gasteiger partial charge in [-0.05, 0) is 35.4 Å². The van der Waals surface area contributed by atoms with Crippen molar-refractivity contribution in [3.63, 3.8) is 0 Å². The van der Waals surface area contributed by atoms with Crippen LogP contribution in [0.1, 0.15) is 18.5 Å². The van der Waals surface area contributed by atoms with Gasteiger partial charge >= 0.3 is 0 Å². The number of anilines is 1. The van der Waals surface area contributed by atoms with E-state index in [1.54, 1.807) is 4.68 Å². The Morgan fingerprint density at radius 1 is 1.10 bits per heavy atom. The molecule has 6 nitrogen and oxygen atoms in total. The summed E-state index contributed by atoms with van der Waals surface area (Å²) in [5.74, 6) is 0.677. The van der Waals surface area contributed by atoms with Crippen LogP contribution >= 0.6 is 15.9 Å². The molecule has 1 amide bonds. The zero-order valence-corrected chi connectivity index (χ0v) is 17.7. The smallest absolute Gasteiger partial charge is 0.248 e. The molecular formula is C23H18BrN5O. The lowest BCUT2D eigenvalue weighted by Gasteiger charge is -2.27. The highest BCUT2D eigenvalue weighted by Crippen LogP contribution is 2.37. The van der Waals surface area contributed by atoms with Crippen LogP contribution in [0.2, 0.25) is 0 Å². The molecule has 5 rings (SSSR count). The second kappa shape index (κ2) is 7.11. The summed E-state index contributed by atoms with van der Waals surface area (Å²) in [6.45, 7) is 1.83. The minimum atomic E-state index is -0.488. The standard InChI is InChI=1S/C23H18BrN5O/c1-13-19(21(25)30)20(15-8-4-9-16(24)12-15)29-23(26-13)27-22(28-29)18-11-5-7-14-6-2-3-10-17(14)18/h2-12,20H,1H3,(H2,25,30)(H,26,27,28). The van der Waals surface area contributed by atoms with E-state index in [9.17, 15) is 4.79 Å². The third kappa shape index (κ3) is 2.98. The monoisotopic (exact) mass is 459 g/mol. The molecule has 30 heavy (non-hydrogen) atoms. The number of hydrogen-bond acceptors (Lipinski definition) is 4. The van der Waals surface area contributed by atoms with Crippen molar-refractivity contribution < 1.29 is 4.79 Å². The lowest BCUT2D eigenvalue weighted by molar-refractivity contribution is -0.115. The van der Waals surface area contributed by atoms with Gasteiger partial charge in [0.2, 0.25) is 11.9 Å². The largest absolute Gasteiger partial charge is 0.366 e. The molecule has 2 heterocycles. The van der Waals surface area contributed by atoms with Crippen molar-refractivity contribution in [2.24, 2.45) is 5.73 Å². The van der Waals surface area contributed by atoms with Crippen LogP contribution in [0.15, 0.2) is 82.5 Å². The highest BCUT2D eigenvalue weighted by molar-refractivity contribution is 9.10. The summed E-state index contributed by atoms with van der Waals surface area (Å²) in [6, 6.07) is 21.5. The zero-order chi connectivity index (χ0) is 20.8. The van der Waals surface area contributed by atoms with Crippen LogP contribution in [-0.2, 0) is 4.79 Å². The highest BCUT2D eigenvalue weighted by atomic mass is 79.9. The minimum Gasteiger partial charge on any atom is -0.366 e. The van der Waals surface area contributed by atoms with Crippen LogP contribution in [-0.4, -0.2) is 20.7 Å². The number of nitrogens with two attached hydrogens (primary N) is 1. The molecule has 148 valence electrons. The van der Waals surface area contributed by atoms with Crippen molar-refractivity contribution in [1.29, 1.82) is 0 Å². The Bertz CT molecular complexity index is 1340. The molecule has 3 aromatic carbocycles. The molecular weight excluding hydrogens is 442 g/mol. The predicted octanol–water partition coefficient (Wildman–Crippen LogP) is 4.64. The van der Waals surface area contributed by atoms with E-state index in [1.165, 1.54) is 0 Å². The summed E-state index contributed by atoms with van der Waals surface area (Å²) >= 11 is 3.52.